The Morgan fingerprint density at radius 2 is 1.87 bits per heavy atom. The van der Waals surface area contributed by atoms with E-state index in [9.17, 15) is 22.2 Å². The van der Waals surface area contributed by atoms with Crippen molar-refractivity contribution in [1.82, 2.24) is 19.5 Å². The summed E-state index contributed by atoms with van der Waals surface area (Å²) in [5.74, 6) is -1.07. The Morgan fingerprint density at radius 3 is 2.50 bits per heavy atom. The normalized spacial score (nSPS) is 24.7. The van der Waals surface area contributed by atoms with Crippen LogP contribution in [0.2, 0.25) is 5.15 Å². The average molecular weight is 569 g/mol. The van der Waals surface area contributed by atoms with Gasteiger partial charge in [-0.05, 0) is 37.0 Å². The van der Waals surface area contributed by atoms with Gasteiger partial charge in [0.15, 0.2) is 16.8 Å². The van der Waals surface area contributed by atoms with Crippen molar-refractivity contribution >= 4 is 44.3 Å². The van der Waals surface area contributed by atoms with Crippen LogP contribution < -0.4 is 4.90 Å². The Kier molecular flexibility index (Phi) is 6.83. The molecule has 2 aliphatic rings. The maximum absolute atomic E-state index is 14.2. The molecule has 0 saturated carbocycles. The quantitative estimate of drug-likeness (QED) is 0.445. The van der Waals surface area contributed by atoms with Gasteiger partial charge in [0.1, 0.15) is 0 Å². The molecule has 2 aliphatic heterocycles. The van der Waals surface area contributed by atoms with Crippen LogP contribution in [0.25, 0.3) is 5.65 Å². The fourth-order valence-electron chi connectivity index (χ4n) is 5.47. The standard InChI is InChI=1S/C25H28ClF3N6O2S/c1-15-7-10-34(19-14-31-21-13-20(26)32-35(21)22(15)19)18-5-3-16(4-6-18)23(25(27,28)29)33(2)24(36)17-8-11-38(30,37)12-9-17/h3-6,13-15,17,23,30H,7-12H2,1-2H3/t15-,17?,23+,38?/m1/s1. The molecule has 204 valence electrons. The average Bonchev–Trinajstić information content (AvgIpc) is 3.24. The molecule has 1 N–H and O–H groups in total. The van der Waals surface area contributed by atoms with E-state index in [1.165, 1.54) is 12.1 Å². The molecule has 0 unspecified atom stereocenters. The predicted octanol–water partition coefficient (Wildman–Crippen LogP) is 5.55. The van der Waals surface area contributed by atoms with E-state index < -0.39 is 33.8 Å². The molecule has 1 amide bonds. The lowest BCUT2D eigenvalue weighted by Crippen LogP contribution is -2.44. The molecule has 38 heavy (non-hydrogen) atoms. The minimum atomic E-state index is -4.69. The molecule has 0 radical (unpaired) electrons. The molecule has 4 heterocycles. The van der Waals surface area contributed by atoms with Gasteiger partial charge in [-0.2, -0.15) is 18.3 Å². The van der Waals surface area contributed by atoms with Crippen molar-refractivity contribution in [3.05, 3.63) is 52.9 Å². The number of benzene rings is 1. The maximum atomic E-state index is 14.2. The molecule has 2 atom stereocenters. The highest BCUT2D eigenvalue weighted by molar-refractivity contribution is 7.92. The van der Waals surface area contributed by atoms with Gasteiger partial charge in [0.2, 0.25) is 5.91 Å². The number of anilines is 2. The van der Waals surface area contributed by atoms with Crippen molar-refractivity contribution in [2.24, 2.45) is 5.92 Å². The highest BCUT2D eigenvalue weighted by Gasteiger charge is 2.46. The van der Waals surface area contributed by atoms with E-state index in [4.69, 9.17) is 16.4 Å². The van der Waals surface area contributed by atoms with Crippen LogP contribution in [0.3, 0.4) is 0 Å². The first-order chi connectivity index (χ1) is 17.9. The third-order valence-electron chi connectivity index (χ3n) is 7.52. The third kappa shape index (κ3) is 4.95. The van der Waals surface area contributed by atoms with Gasteiger partial charge in [0.05, 0.1) is 17.6 Å². The Labute approximate surface area is 223 Å². The Hall–Kier alpha value is -2.86. The second-order valence-corrected chi connectivity index (χ2v) is 12.9. The summed E-state index contributed by atoms with van der Waals surface area (Å²) in [6.45, 7) is 2.74. The van der Waals surface area contributed by atoms with Gasteiger partial charge in [0.25, 0.3) is 0 Å². The van der Waals surface area contributed by atoms with Gasteiger partial charge < -0.3 is 9.80 Å². The zero-order valence-electron chi connectivity index (χ0n) is 20.9. The van der Waals surface area contributed by atoms with Gasteiger partial charge in [-0.25, -0.2) is 13.7 Å². The topological polar surface area (TPSA) is 94.7 Å². The number of carbonyl (C=O) groups excluding carboxylic acids is 1. The summed E-state index contributed by atoms with van der Waals surface area (Å²) in [5.41, 5.74) is 3.03. The molecule has 13 heteroatoms. The van der Waals surface area contributed by atoms with Crippen molar-refractivity contribution in [3.8, 4) is 0 Å². The third-order valence-corrected chi connectivity index (χ3v) is 9.50. The number of fused-ring (bicyclic) bond motifs is 3. The Morgan fingerprint density at radius 1 is 1.21 bits per heavy atom. The number of aromatic nitrogens is 3. The summed E-state index contributed by atoms with van der Waals surface area (Å²) < 4.78 is 64.1. The number of rotatable bonds is 4. The predicted molar refractivity (Wildman–Crippen MR) is 139 cm³/mol. The van der Waals surface area contributed by atoms with Crippen LogP contribution in [0, 0.1) is 10.7 Å². The fraction of sp³-hybridized carbons (Fsp3) is 0.480. The van der Waals surface area contributed by atoms with E-state index in [2.05, 4.69) is 17.0 Å². The van der Waals surface area contributed by atoms with E-state index in [0.717, 1.165) is 29.7 Å². The Bertz CT molecular complexity index is 1460. The molecule has 0 bridgehead atoms. The number of carbonyl (C=O) groups is 1. The first kappa shape index (κ1) is 26.7. The molecular weight excluding hydrogens is 541 g/mol. The van der Waals surface area contributed by atoms with Crippen LogP contribution in [-0.4, -0.2) is 60.9 Å². The summed E-state index contributed by atoms with van der Waals surface area (Å²) in [5, 5.41) is 4.69. The fourth-order valence-corrected chi connectivity index (χ4v) is 7.18. The lowest BCUT2D eigenvalue weighted by atomic mass is 9.95. The molecule has 1 fully saturated rings. The molecule has 2 aromatic heterocycles. The lowest BCUT2D eigenvalue weighted by molar-refractivity contribution is -0.190. The smallest absolute Gasteiger partial charge is 0.339 e. The monoisotopic (exact) mass is 568 g/mol. The van der Waals surface area contributed by atoms with Crippen molar-refractivity contribution in [2.45, 2.75) is 44.3 Å². The minimum Gasteiger partial charge on any atom is -0.339 e. The summed E-state index contributed by atoms with van der Waals surface area (Å²) >= 11 is 6.09. The first-order valence-electron chi connectivity index (χ1n) is 12.3. The molecule has 0 aliphatic carbocycles. The number of nitrogens with zero attached hydrogens (tertiary/aromatic N) is 5. The van der Waals surface area contributed by atoms with Crippen molar-refractivity contribution in [1.29, 1.82) is 4.78 Å². The lowest BCUT2D eigenvalue weighted by Gasteiger charge is -2.35. The highest BCUT2D eigenvalue weighted by Crippen LogP contribution is 2.42. The van der Waals surface area contributed by atoms with Crippen molar-refractivity contribution in [2.75, 3.05) is 30.0 Å². The van der Waals surface area contributed by atoms with E-state index in [-0.39, 0.29) is 35.8 Å². The number of amides is 1. The number of halogens is 4. The highest BCUT2D eigenvalue weighted by atomic mass is 35.5. The zero-order chi connectivity index (χ0) is 27.4. The summed E-state index contributed by atoms with van der Waals surface area (Å²) in [7, 11) is -1.58. The van der Waals surface area contributed by atoms with Crippen LogP contribution >= 0.6 is 11.6 Å². The molecule has 3 aromatic rings. The number of nitrogens with one attached hydrogen (secondary N) is 1. The summed E-state index contributed by atoms with van der Waals surface area (Å²) in [6.07, 6.45) is -1.84. The van der Waals surface area contributed by atoms with Gasteiger partial charge in [-0.3, -0.25) is 9.57 Å². The minimum absolute atomic E-state index is 0.0322. The SMILES string of the molecule is C[C@@H]1CCN(c2ccc([C@H](N(C)C(=O)C3CCS(=N)(=O)CC3)C(F)(F)F)cc2)c2cnc3cc(Cl)nn3c21. The second kappa shape index (κ2) is 9.71. The van der Waals surface area contributed by atoms with E-state index in [1.807, 2.05) is 4.90 Å². The number of alkyl halides is 3. The molecule has 1 saturated heterocycles. The van der Waals surface area contributed by atoms with E-state index >= 15 is 0 Å². The van der Waals surface area contributed by atoms with Gasteiger partial charge in [-0.15, -0.1) is 0 Å². The summed E-state index contributed by atoms with van der Waals surface area (Å²) in [4.78, 5) is 20.2. The van der Waals surface area contributed by atoms with E-state index in [1.54, 1.807) is 28.9 Å². The van der Waals surface area contributed by atoms with Crippen LogP contribution in [0.5, 0.6) is 0 Å². The number of hydrogen-bond donors (Lipinski definition) is 1. The van der Waals surface area contributed by atoms with Crippen molar-refractivity contribution in [3.63, 3.8) is 0 Å². The molecular formula is C25H28ClF3N6O2S. The molecule has 0 spiro atoms. The van der Waals surface area contributed by atoms with Crippen LogP contribution in [0.15, 0.2) is 36.5 Å². The van der Waals surface area contributed by atoms with Gasteiger partial charge >= 0.3 is 6.18 Å². The Balaban J connectivity index is 1.43. The zero-order valence-corrected chi connectivity index (χ0v) is 22.5. The maximum Gasteiger partial charge on any atom is 0.413 e. The summed E-state index contributed by atoms with van der Waals surface area (Å²) in [6, 6.07) is 5.62. The van der Waals surface area contributed by atoms with Gasteiger partial charge in [0, 0.05) is 58.4 Å². The van der Waals surface area contributed by atoms with Crippen molar-refractivity contribution < 1.29 is 22.2 Å². The van der Waals surface area contributed by atoms with Crippen LogP contribution in [-0.2, 0) is 14.5 Å². The van der Waals surface area contributed by atoms with Gasteiger partial charge in [-0.1, -0.05) is 30.7 Å². The van der Waals surface area contributed by atoms with E-state index in [0.29, 0.717) is 23.0 Å². The van der Waals surface area contributed by atoms with Crippen LogP contribution in [0.1, 0.15) is 49.4 Å². The largest absolute Gasteiger partial charge is 0.413 e. The molecule has 5 rings (SSSR count). The second-order valence-electron chi connectivity index (χ2n) is 10.1. The molecule has 8 nitrogen and oxygen atoms in total. The molecule has 1 aromatic carbocycles. The van der Waals surface area contributed by atoms with Crippen LogP contribution in [0.4, 0.5) is 24.5 Å². The first-order valence-corrected chi connectivity index (χ1v) is 14.6. The number of hydrogen-bond acceptors (Lipinski definition) is 6.